The van der Waals surface area contributed by atoms with Crippen molar-refractivity contribution >= 4 is 16.8 Å². The normalized spacial score (nSPS) is 14.5. The van der Waals surface area contributed by atoms with Gasteiger partial charge in [0.25, 0.3) is 5.91 Å². The summed E-state index contributed by atoms with van der Waals surface area (Å²) >= 11 is 0. The van der Waals surface area contributed by atoms with Crippen LogP contribution in [-0.2, 0) is 25.9 Å². The summed E-state index contributed by atoms with van der Waals surface area (Å²) in [6, 6.07) is 4.36. The smallest absolute Gasteiger partial charge is 0.272 e. The van der Waals surface area contributed by atoms with Crippen molar-refractivity contribution in [2.45, 2.75) is 46.7 Å². The molecule has 1 aliphatic heterocycles. The summed E-state index contributed by atoms with van der Waals surface area (Å²) in [5.41, 5.74) is 8.64. The van der Waals surface area contributed by atoms with Crippen LogP contribution in [0, 0.1) is 13.8 Å². The zero-order chi connectivity index (χ0) is 19.1. The van der Waals surface area contributed by atoms with E-state index in [0.29, 0.717) is 12.2 Å². The van der Waals surface area contributed by atoms with Crippen molar-refractivity contribution in [3.63, 3.8) is 0 Å². The van der Waals surface area contributed by atoms with Gasteiger partial charge in [0, 0.05) is 48.4 Å². The fraction of sp³-hybridized carbons (Fsp3) is 0.429. The minimum Gasteiger partial charge on any atom is -0.358 e. The molecular weight excluding hydrogens is 338 g/mol. The number of carbonyl (C=O) groups excluding carboxylic acids is 1. The van der Waals surface area contributed by atoms with Gasteiger partial charge < -0.3 is 15.2 Å². The molecule has 142 valence electrons. The molecule has 1 aromatic carbocycles. The van der Waals surface area contributed by atoms with Crippen molar-refractivity contribution in [2.24, 2.45) is 0 Å². The summed E-state index contributed by atoms with van der Waals surface area (Å²) in [5.74, 6) is -0.114. The number of rotatable bonds is 4. The van der Waals surface area contributed by atoms with Gasteiger partial charge in [-0.2, -0.15) is 5.10 Å². The molecule has 4 rings (SSSR count). The average molecular weight is 365 g/mol. The third-order valence-electron chi connectivity index (χ3n) is 5.63. The Morgan fingerprint density at radius 1 is 1.33 bits per heavy atom. The van der Waals surface area contributed by atoms with Gasteiger partial charge in [0.05, 0.1) is 5.52 Å². The van der Waals surface area contributed by atoms with Crippen molar-refractivity contribution in [2.75, 3.05) is 13.6 Å². The fourth-order valence-corrected chi connectivity index (χ4v) is 4.08. The summed E-state index contributed by atoms with van der Waals surface area (Å²) in [7, 11) is 2.07. The highest BCUT2D eigenvalue weighted by Gasteiger charge is 2.24. The van der Waals surface area contributed by atoms with Crippen molar-refractivity contribution in [3.05, 3.63) is 51.5 Å². The molecule has 1 amide bonds. The van der Waals surface area contributed by atoms with E-state index in [4.69, 9.17) is 0 Å². The number of fused-ring (bicyclic) bond motifs is 2. The molecule has 0 unspecified atom stereocenters. The maximum atomic E-state index is 12.8. The average Bonchev–Trinajstić information content (AvgIpc) is 3.20. The number of nitrogens with zero attached hydrogens (tertiary/aromatic N) is 2. The third kappa shape index (κ3) is 3.14. The Morgan fingerprint density at radius 3 is 2.93 bits per heavy atom. The Hall–Kier alpha value is -2.60. The van der Waals surface area contributed by atoms with E-state index in [9.17, 15) is 4.79 Å². The van der Waals surface area contributed by atoms with Crippen LogP contribution in [0.25, 0.3) is 10.9 Å². The maximum Gasteiger partial charge on any atom is 0.272 e. The molecule has 3 N–H and O–H groups in total. The van der Waals surface area contributed by atoms with Crippen LogP contribution < -0.4 is 5.32 Å². The zero-order valence-corrected chi connectivity index (χ0v) is 16.5. The first-order valence-corrected chi connectivity index (χ1v) is 9.61. The summed E-state index contributed by atoms with van der Waals surface area (Å²) in [5, 5.41) is 11.6. The van der Waals surface area contributed by atoms with Crippen molar-refractivity contribution in [1.29, 1.82) is 0 Å². The predicted molar refractivity (Wildman–Crippen MR) is 107 cm³/mol. The number of aryl methyl sites for hydroxylation is 3. The third-order valence-corrected chi connectivity index (χ3v) is 5.63. The molecule has 0 fully saturated rings. The molecule has 0 aliphatic carbocycles. The number of hydrogen-bond donors (Lipinski definition) is 3. The van der Waals surface area contributed by atoms with Gasteiger partial charge in [0.2, 0.25) is 0 Å². The predicted octanol–water partition coefficient (Wildman–Crippen LogP) is 2.99. The van der Waals surface area contributed by atoms with Crippen LogP contribution in [0.2, 0.25) is 0 Å². The van der Waals surface area contributed by atoms with Crippen LogP contribution in [-0.4, -0.2) is 39.6 Å². The minimum atomic E-state index is -0.114. The molecule has 3 aromatic rings. The van der Waals surface area contributed by atoms with E-state index in [0.717, 1.165) is 48.3 Å². The molecule has 6 heteroatoms. The molecule has 6 nitrogen and oxygen atoms in total. The molecule has 3 heterocycles. The second-order valence-corrected chi connectivity index (χ2v) is 7.63. The quantitative estimate of drug-likeness (QED) is 0.665. The summed E-state index contributed by atoms with van der Waals surface area (Å²) in [4.78, 5) is 18.5. The highest BCUT2D eigenvalue weighted by atomic mass is 16.1. The number of H-pyrrole nitrogens is 2. The van der Waals surface area contributed by atoms with Gasteiger partial charge in [-0.05, 0) is 44.5 Å². The molecule has 0 atom stereocenters. The number of likely N-dealkylation sites (N-methyl/N-ethyl adjacent to an activating group) is 1. The molecule has 0 saturated heterocycles. The van der Waals surface area contributed by atoms with Crippen LogP contribution in [0.15, 0.2) is 12.1 Å². The van der Waals surface area contributed by atoms with Gasteiger partial charge in [0.1, 0.15) is 0 Å². The Labute approximate surface area is 159 Å². The van der Waals surface area contributed by atoms with Crippen LogP contribution in [0.3, 0.4) is 0 Å². The van der Waals surface area contributed by atoms with E-state index in [1.807, 2.05) is 0 Å². The highest BCUT2D eigenvalue weighted by molar-refractivity contribution is 5.94. The first kappa shape index (κ1) is 17.8. The zero-order valence-electron chi connectivity index (χ0n) is 16.5. The maximum absolute atomic E-state index is 12.8. The lowest BCUT2D eigenvalue weighted by atomic mass is 10.0. The van der Waals surface area contributed by atoms with E-state index in [1.54, 1.807) is 0 Å². The van der Waals surface area contributed by atoms with Crippen LogP contribution in [0.1, 0.15) is 51.1 Å². The largest absolute Gasteiger partial charge is 0.358 e. The lowest BCUT2D eigenvalue weighted by Gasteiger charge is -2.22. The van der Waals surface area contributed by atoms with Crippen molar-refractivity contribution in [1.82, 2.24) is 25.4 Å². The molecule has 0 bridgehead atoms. The molecular formula is C21H27N5O. The van der Waals surface area contributed by atoms with E-state index >= 15 is 0 Å². The number of benzene rings is 1. The number of amides is 1. The number of carbonyl (C=O) groups is 1. The molecule has 0 saturated carbocycles. The Morgan fingerprint density at radius 2 is 2.15 bits per heavy atom. The molecule has 1 aliphatic rings. The fourth-order valence-electron chi connectivity index (χ4n) is 4.08. The van der Waals surface area contributed by atoms with Gasteiger partial charge in [-0.3, -0.25) is 9.89 Å². The van der Waals surface area contributed by atoms with Crippen LogP contribution in [0.4, 0.5) is 0 Å². The SMILES string of the molecule is CCc1[nH]c2c(CNC(=O)c3n[nH]c4c3CN(C)CC4)cc(C)cc2c1C. The topological polar surface area (TPSA) is 76.8 Å². The number of hydrogen-bond acceptors (Lipinski definition) is 3. The molecule has 0 spiro atoms. The summed E-state index contributed by atoms with van der Waals surface area (Å²) in [6.45, 7) is 8.65. The number of aromatic nitrogens is 3. The number of aromatic amines is 2. The minimum absolute atomic E-state index is 0.114. The monoisotopic (exact) mass is 365 g/mol. The standard InChI is InChI=1S/C21H27N5O/c1-5-17-13(3)15-9-12(2)8-14(19(15)23-17)10-22-21(27)20-16-11-26(4)7-6-18(16)24-25-20/h8-9,23H,5-7,10-11H2,1-4H3,(H,22,27)(H,24,25). The van der Waals surface area contributed by atoms with E-state index in [1.165, 1.54) is 22.2 Å². The summed E-state index contributed by atoms with van der Waals surface area (Å²) < 4.78 is 0. The molecule has 27 heavy (non-hydrogen) atoms. The van der Waals surface area contributed by atoms with Gasteiger partial charge >= 0.3 is 0 Å². The van der Waals surface area contributed by atoms with Gasteiger partial charge in [-0.1, -0.05) is 18.6 Å². The van der Waals surface area contributed by atoms with E-state index < -0.39 is 0 Å². The first-order chi connectivity index (χ1) is 13.0. The molecule has 2 aromatic heterocycles. The Bertz CT molecular complexity index is 1010. The van der Waals surface area contributed by atoms with Gasteiger partial charge in [0.15, 0.2) is 5.69 Å². The number of nitrogens with one attached hydrogen (secondary N) is 3. The van der Waals surface area contributed by atoms with Crippen molar-refractivity contribution in [3.8, 4) is 0 Å². The van der Waals surface area contributed by atoms with E-state index in [2.05, 4.69) is 65.3 Å². The van der Waals surface area contributed by atoms with E-state index in [-0.39, 0.29) is 5.91 Å². The second kappa shape index (κ2) is 6.85. The lowest BCUT2D eigenvalue weighted by Crippen LogP contribution is -2.29. The highest BCUT2D eigenvalue weighted by Crippen LogP contribution is 2.27. The van der Waals surface area contributed by atoms with Gasteiger partial charge in [-0.25, -0.2) is 0 Å². The summed E-state index contributed by atoms with van der Waals surface area (Å²) in [6.07, 6.45) is 1.88. The van der Waals surface area contributed by atoms with Crippen molar-refractivity contribution < 1.29 is 4.79 Å². The lowest BCUT2D eigenvalue weighted by molar-refractivity contribution is 0.0944. The second-order valence-electron chi connectivity index (χ2n) is 7.63. The first-order valence-electron chi connectivity index (χ1n) is 9.61. The van der Waals surface area contributed by atoms with Gasteiger partial charge in [-0.15, -0.1) is 0 Å². The molecule has 0 radical (unpaired) electrons. The van der Waals surface area contributed by atoms with Crippen LogP contribution in [0.5, 0.6) is 0 Å². The Kier molecular flexibility index (Phi) is 4.52. The Balaban J connectivity index is 1.59. The van der Waals surface area contributed by atoms with Crippen LogP contribution >= 0.6 is 0 Å².